The van der Waals surface area contributed by atoms with Crippen molar-refractivity contribution >= 4 is 40.6 Å². The van der Waals surface area contributed by atoms with Crippen LogP contribution in [0.3, 0.4) is 0 Å². The number of hydrogen-bond donors (Lipinski definition) is 1. The van der Waals surface area contributed by atoms with E-state index in [1.54, 1.807) is 4.90 Å². The topological polar surface area (TPSA) is 67.2 Å². The molecule has 2 heterocycles. The maximum atomic E-state index is 12.2. The van der Waals surface area contributed by atoms with E-state index in [1.165, 1.54) is 11.8 Å². The standard InChI is InChI=1S/C15H18N4O2S/c1-2-7-19-12-6-4-3-5-11(12)16-15(19)17-13(20)8-18-10-22-9-14(18)21/h3-6H,2,7-10H2,1H3,(H,16,17,20). The van der Waals surface area contributed by atoms with Gasteiger partial charge in [-0.1, -0.05) is 19.1 Å². The zero-order valence-electron chi connectivity index (χ0n) is 12.4. The second-order valence-corrected chi connectivity index (χ2v) is 6.15. The molecule has 22 heavy (non-hydrogen) atoms. The van der Waals surface area contributed by atoms with E-state index in [2.05, 4.69) is 17.2 Å². The van der Waals surface area contributed by atoms with Crippen molar-refractivity contribution in [3.63, 3.8) is 0 Å². The number of hydrogen-bond acceptors (Lipinski definition) is 4. The predicted octanol–water partition coefficient (Wildman–Crippen LogP) is 1.92. The minimum absolute atomic E-state index is 0.0159. The largest absolute Gasteiger partial charge is 0.323 e. The molecule has 1 aliphatic rings. The number of anilines is 1. The molecule has 6 nitrogen and oxygen atoms in total. The van der Waals surface area contributed by atoms with Crippen molar-refractivity contribution in [2.75, 3.05) is 23.5 Å². The van der Waals surface area contributed by atoms with E-state index in [-0.39, 0.29) is 18.4 Å². The van der Waals surface area contributed by atoms with Gasteiger partial charge in [-0.15, -0.1) is 11.8 Å². The number of carbonyl (C=O) groups excluding carboxylic acids is 2. The van der Waals surface area contributed by atoms with E-state index < -0.39 is 0 Å². The minimum atomic E-state index is -0.205. The van der Waals surface area contributed by atoms with Gasteiger partial charge in [-0.25, -0.2) is 4.98 Å². The molecule has 1 fully saturated rings. The van der Waals surface area contributed by atoms with E-state index in [1.807, 2.05) is 28.8 Å². The molecule has 2 aromatic rings. The second kappa shape index (κ2) is 6.39. The second-order valence-electron chi connectivity index (χ2n) is 5.19. The summed E-state index contributed by atoms with van der Waals surface area (Å²) in [5.74, 6) is 1.40. The summed E-state index contributed by atoms with van der Waals surface area (Å²) in [5.41, 5.74) is 1.87. The molecule has 1 N–H and O–H groups in total. The van der Waals surface area contributed by atoms with Crippen molar-refractivity contribution in [2.24, 2.45) is 0 Å². The van der Waals surface area contributed by atoms with Gasteiger partial charge in [0.25, 0.3) is 0 Å². The predicted molar refractivity (Wildman–Crippen MR) is 87.7 cm³/mol. The van der Waals surface area contributed by atoms with Crippen LogP contribution in [0.4, 0.5) is 5.95 Å². The van der Waals surface area contributed by atoms with Crippen LogP contribution in [0.2, 0.25) is 0 Å². The lowest BCUT2D eigenvalue weighted by Gasteiger charge is -2.14. The van der Waals surface area contributed by atoms with E-state index >= 15 is 0 Å². The number of benzene rings is 1. The fraction of sp³-hybridized carbons (Fsp3) is 0.400. The summed E-state index contributed by atoms with van der Waals surface area (Å²) in [7, 11) is 0. The van der Waals surface area contributed by atoms with Crippen LogP contribution in [0.1, 0.15) is 13.3 Å². The Labute approximate surface area is 132 Å². The summed E-state index contributed by atoms with van der Waals surface area (Å²) in [6.07, 6.45) is 0.949. The number of aromatic nitrogens is 2. The van der Waals surface area contributed by atoms with Gasteiger partial charge in [0, 0.05) is 6.54 Å². The summed E-state index contributed by atoms with van der Waals surface area (Å²) in [4.78, 5) is 29.8. The number of nitrogens with one attached hydrogen (secondary N) is 1. The number of imidazole rings is 1. The van der Waals surface area contributed by atoms with Crippen LogP contribution in [0.25, 0.3) is 11.0 Å². The van der Waals surface area contributed by atoms with Crippen LogP contribution >= 0.6 is 11.8 Å². The number of para-hydroxylation sites is 2. The van der Waals surface area contributed by atoms with Gasteiger partial charge in [0.15, 0.2) is 0 Å². The van der Waals surface area contributed by atoms with Crippen LogP contribution in [-0.2, 0) is 16.1 Å². The molecule has 0 unspecified atom stereocenters. The first-order valence-electron chi connectivity index (χ1n) is 7.29. The Morgan fingerprint density at radius 1 is 1.41 bits per heavy atom. The number of amides is 2. The van der Waals surface area contributed by atoms with Crippen LogP contribution in [-0.4, -0.2) is 44.4 Å². The lowest BCUT2D eigenvalue weighted by molar-refractivity contribution is -0.130. The Morgan fingerprint density at radius 2 is 2.23 bits per heavy atom. The third kappa shape index (κ3) is 2.94. The lowest BCUT2D eigenvalue weighted by atomic mass is 10.3. The fourth-order valence-electron chi connectivity index (χ4n) is 2.50. The van der Waals surface area contributed by atoms with Crippen LogP contribution < -0.4 is 5.32 Å². The average Bonchev–Trinajstić information content (AvgIpc) is 3.05. The number of aryl methyl sites for hydroxylation is 1. The molecule has 0 bridgehead atoms. The highest BCUT2D eigenvalue weighted by molar-refractivity contribution is 8.00. The SMILES string of the molecule is CCCn1c(NC(=O)CN2CSCC2=O)nc2ccccc21. The highest BCUT2D eigenvalue weighted by Crippen LogP contribution is 2.20. The number of rotatable bonds is 5. The van der Waals surface area contributed by atoms with Gasteiger partial charge in [0.05, 0.1) is 22.7 Å². The van der Waals surface area contributed by atoms with E-state index in [9.17, 15) is 9.59 Å². The maximum Gasteiger partial charge on any atom is 0.246 e. The first-order chi connectivity index (χ1) is 10.7. The fourth-order valence-corrected chi connectivity index (χ4v) is 3.40. The molecule has 1 aromatic heterocycles. The van der Waals surface area contributed by atoms with Crippen molar-refractivity contribution in [1.29, 1.82) is 0 Å². The third-order valence-electron chi connectivity index (χ3n) is 3.51. The van der Waals surface area contributed by atoms with Crippen molar-refractivity contribution in [3.8, 4) is 0 Å². The van der Waals surface area contributed by atoms with Gasteiger partial charge in [-0.2, -0.15) is 0 Å². The van der Waals surface area contributed by atoms with Crippen molar-refractivity contribution < 1.29 is 9.59 Å². The summed E-state index contributed by atoms with van der Waals surface area (Å²) in [5, 5.41) is 2.84. The summed E-state index contributed by atoms with van der Waals surface area (Å²) < 4.78 is 2.01. The molecule has 7 heteroatoms. The number of thioether (sulfide) groups is 1. The molecule has 1 aromatic carbocycles. The van der Waals surface area contributed by atoms with E-state index in [0.717, 1.165) is 24.0 Å². The Morgan fingerprint density at radius 3 is 2.95 bits per heavy atom. The third-order valence-corrected chi connectivity index (χ3v) is 4.46. The summed E-state index contributed by atoms with van der Waals surface area (Å²) in [6.45, 7) is 2.95. The molecule has 0 atom stereocenters. The van der Waals surface area contributed by atoms with Crippen LogP contribution in [0.5, 0.6) is 0 Å². The van der Waals surface area contributed by atoms with Crippen molar-refractivity contribution in [2.45, 2.75) is 19.9 Å². The van der Waals surface area contributed by atoms with Crippen LogP contribution in [0, 0.1) is 0 Å². The molecule has 0 aliphatic carbocycles. The summed E-state index contributed by atoms with van der Waals surface area (Å²) in [6, 6.07) is 7.81. The van der Waals surface area contributed by atoms with Gasteiger partial charge in [0.1, 0.15) is 6.54 Å². The molecule has 2 amide bonds. The zero-order chi connectivity index (χ0) is 15.5. The van der Waals surface area contributed by atoms with Crippen molar-refractivity contribution in [1.82, 2.24) is 14.5 Å². The van der Waals surface area contributed by atoms with E-state index in [0.29, 0.717) is 17.6 Å². The first kappa shape index (κ1) is 14.9. The number of carbonyl (C=O) groups is 2. The highest BCUT2D eigenvalue weighted by Gasteiger charge is 2.23. The van der Waals surface area contributed by atoms with Gasteiger partial charge in [-0.3, -0.25) is 14.9 Å². The molecule has 1 saturated heterocycles. The Hall–Kier alpha value is -2.02. The van der Waals surface area contributed by atoms with Gasteiger partial charge in [0.2, 0.25) is 17.8 Å². The van der Waals surface area contributed by atoms with Gasteiger partial charge in [-0.05, 0) is 18.6 Å². The van der Waals surface area contributed by atoms with Crippen molar-refractivity contribution in [3.05, 3.63) is 24.3 Å². The van der Waals surface area contributed by atoms with E-state index in [4.69, 9.17) is 0 Å². The Bertz CT molecular complexity index is 713. The quantitative estimate of drug-likeness (QED) is 0.914. The molecule has 0 spiro atoms. The molecule has 1 aliphatic heterocycles. The molecular formula is C15H18N4O2S. The summed E-state index contributed by atoms with van der Waals surface area (Å²) >= 11 is 1.53. The zero-order valence-corrected chi connectivity index (χ0v) is 13.2. The molecule has 116 valence electrons. The molecule has 3 rings (SSSR count). The Kier molecular flexibility index (Phi) is 4.33. The van der Waals surface area contributed by atoms with Gasteiger partial charge < -0.3 is 9.47 Å². The molecular weight excluding hydrogens is 300 g/mol. The Balaban J connectivity index is 1.79. The highest BCUT2D eigenvalue weighted by atomic mass is 32.2. The lowest BCUT2D eigenvalue weighted by Crippen LogP contribution is -2.35. The number of nitrogens with zero attached hydrogens (tertiary/aromatic N) is 3. The maximum absolute atomic E-state index is 12.2. The smallest absolute Gasteiger partial charge is 0.246 e. The average molecular weight is 318 g/mol. The normalized spacial score (nSPS) is 14.8. The molecule has 0 saturated carbocycles. The minimum Gasteiger partial charge on any atom is -0.323 e. The first-order valence-corrected chi connectivity index (χ1v) is 8.45. The molecule has 0 radical (unpaired) electrons. The van der Waals surface area contributed by atoms with Gasteiger partial charge >= 0.3 is 0 Å². The van der Waals surface area contributed by atoms with Crippen LogP contribution in [0.15, 0.2) is 24.3 Å². The monoisotopic (exact) mass is 318 g/mol. The number of fused-ring (bicyclic) bond motifs is 1.